The van der Waals surface area contributed by atoms with Crippen LogP contribution < -0.4 is 5.56 Å². The third-order valence-electron chi connectivity index (χ3n) is 4.06. The second-order valence-electron chi connectivity index (χ2n) is 5.64. The van der Waals surface area contributed by atoms with Crippen LogP contribution >= 0.6 is 0 Å². The summed E-state index contributed by atoms with van der Waals surface area (Å²) >= 11 is 0. The highest BCUT2D eigenvalue weighted by Crippen LogP contribution is 2.19. The molecule has 0 unspecified atom stereocenters. The zero-order valence-electron chi connectivity index (χ0n) is 12.9. The Bertz CT molecular complexity index is 551. The van der Waals surface area contributed by atoms with E-state index in [1.165, 1.54) is 0 Å². The predicted molar refractivity (Wildman–Crippen MR) is 80.3 cm³/mol. The first-order chi connectivity index (χ1) is 10.1. The Morgan fingerprint density at radius 3 is 3.00 bits per heavy atom. The maximum absolute atomic E-state index is 12.6. The number of hydrogen-bond donors (Lipinski definition) is 0. The van der Waals surface area contributed by atoms with Gasteiger partial charge in [0.05, 0.1) is 6.61 Å². The molecule has 0 radical (unpaired) electrons. The van der Waals surface area contributed by atoms with E-state index >= 15 is 0 Å². The third kappa shape index (κ3) is 3.93. The van der Waals surface area contributed by atoms with Crippen LogP contribution in [0.4, 0.5) is 0 Å². The van der Waals surface area contributed by atoms with E-state index < -0.39 is 0 Å². The molecule has 1 aromatic rings. The summed E-state index contributed by atoms with van der Waals surface area (Å²) in [4.78, 5) is 28.5. The molecule has 1 aliphatic rings. The fraction of sp³-hybridized carbons (Fsp3) is 0.688. The van der Waals surface area contributed by atoms with Crippen molar-refractivity contribution >= 4 is 5.97 Å². The molecule has 0 saturated heterocycles. The van der Waals surface area contributed by atoms with Gasteiger partial charge < -0.3 is 4.74 Å². The smallest absolute Gasteiger partial charge is 0.305 e. The number of aryl methyl sites for hydroxylation is 1. The van der Waals surface area contributed by atoms with E-state index in [1.54, 1.807) is 13.1 Å². The minimum Gasteiger partial charge on any atom is -0.466 e. The van der Waals surface area contributed by atoms with Crippen LogP contribution in [0.15, 0.2) is 11.0 Å². The Labute approximate surface area is 125 Å². The molecule has 0 N–H and O–H groups in total. The third-order valence-corrected chi connectivity index (χ3v) is 4.06. The molecule has 0 amide bonds. The number of fused-ring (bicyclic) bond motifs is 1. The minimum atomic E-state index is -0.202. The molecule has 0 fully saturated rings. The number of esters is 1. The van der Waals surface area contributed by atoms with E-state index in [0.29, 0.717) is 25.0 Å². The van der Waals surface area contributed by atoms with E-state index in [0.717, 1.165) is 38.1 Å². The lowest BCUT2D eigenvalue weighted by Crippen LogP contribution is -2.28. The maximum atomic E-state index is 12.6. The molecule has 2 heterocycles. The van der Waals surface area contributed by atoms with Crippen LogP contribution in [0.1, 0.15) is 63.3 Å². The lowest BCUT2D eigenvalue weighted by atomic mass is 9.98. The highest BCUT2D eigenvalue weighted by atomic mass is 16.5. The fourth-order valence-corrected chi connectivity index (χ4v) is 2.76. The van der Waals surface area contributed by atoms with Gasteiger partial charge in [0.2, 0.25) is 0 Å². The molecular weight excluding hydrogens is 268 g/mol. The molecule has 0 spiro atoms. The maximum Gasteiger partial charge on any atom is 0.305 e. The Hall–Kier alpha value is -1.65. The van der Waals surface area contributed by atoms with Gasteiger partial charge in [0, 0.05) is 31.1 Å². The average molecular weight is 292 g/mol. The largest absolute Gasteiger partial charge is 0.466 e. The van der Waals surface area contributed by atoms with Crippen molar-refractivity contribution in [3.05, 3.63) is 27.9 Å². The summed E-state index contributed by atoms with van der Waals surface area (Å²) in [7, 11) is 0. The number of rotatable bonds is 5. The van der Waals surface area contributed by atoms with Gasteiger partial charge in [-0.2, -0.15) is 0 Å². The van der Waals surface area contributed by atoms with Gasteiger partial charge in [-0.1, -0.05) is 13.3 Å². The quantitative estimate of drug-likeness (QED) is 0.782. The molecule has 2 rings (SSSR count). The number of aromatic nitrogens is 2. The van der Waals surface area contributed by atoms with Gasteiger partial charge in [0.25, 0.3) is 5.56 Å². The number of carbonyl (C=O) groups is 1. The number of carbonyl (C=O) groups excluding carboxylic acids is 1. The van der Waals surface area contributed by atoms with E-state index in [-0.39, 0.29) is 17.4 Å². The molecule has 1 atom stereocenters. The summed E-state index contributed by atoms with van der Waals surface area (Å²) in [5, 5.41) is 0. The average Bonchev–Trinajstić information content (AvgIpc) is 2.71. The van der Waals surface area contributed by atoms with E-state index in [2.05, 4.69) is 4.98 Å². The van der Waals surface area contributed by atoms with Crippen LogP contribution in [0, 0.1) is 0 Å². The Kier molecular flexibility index (Phi) is 5.53. The summed E-state index contributed by atoms with van der Waals surface area (Å²) in [5.74, 6) is 0.724. The number of ether oxygens (including phenoxy) is 1. The molecule has 1 aliphatic heterocycles. The van der Waals surface area contributed by atoms with Crippen LogP contribution in [-0.2, 0) is 22.5 Å². The normalized spacial score (nSPS) is 15.9. The summed E-state index contributed by atoms with van der Waals surface area (Å²) in [6, 6.07) is 0. The van der Waals surface area contributed by atoms with Crippen molar-refractivity contribution in [2.24, 2.45) is 0 Å². The molecule has 5 nitrogen and oxygen atoms in total. The number of hydrogen-bond acceptors (Lipinski definition) is 4. The summed E-state index contributed by atoms with van der Waals surface area (Å²) < 4.78 is 6.75. The van der Waals surface area contributed by atoms with E-state index in [9.17, 15) is 9.59 Å². The highest BCUT2D eigenvalue weighted by molar-refractivity contribution is 5.69. The lowest BCUT2D eigenvalue weighted by Gasteiger charge is -2.14. The highest BCUT2D eigenvalue weighted by Gasteiger charge is 2.17. The lowest BCUT2D eigenvalue weighted by molar-refractivity contribution is -0.143. The van der Waals surface area contributed by atoms with Crippen LogP contribution in [0.5, 0.6) is 0 Å². The zero-order chi connectivity index (χ0) is 15.2. The zero-order valence-corrected chi connectivity index (χ0v) is 12.9. The number of nitrogens with zero attached hydrogens (tertiary/aromatic N) is 2. The molecule has 0 saturated carbocycles. The molecule has 116 valence electrons. The van der Waals surface area contributed by atoms with Crippen molar-refractivity contribution in [1.29, 1.82) is 0 Å². The van der Waals surface area contributed by atoms with Gasteiger partial charge in [0.1, 0.15) is 5.82 Å². The second-order valence-corrected chi connectivity index (χ2v) is 5.64. The van der Waals surface area contributed by atoms with Crippen LogP contribution in [0.25, 0.3) is 0 Å². The molecule has 1 aromatic heterocycles. The fourth-order valence-electron chi connectivity index (χ4n) is 2.76. The summed E-state index contributed by atoms with van der Waals surface area (Å²) in [5.41, 5.74) is 0.781. The van der Waals surface area contributed by atoms with Gasteiger partial charge in [-0.15, -0.1) is 0 Å². The van der Waals surface area contributed by atoms with Crippen molar-refractivity contribution < 1.29 is 9.53 Å². The Morgan fingerprint density at radius 1 is 1.43 bits per heavy atom. The summed E-state index contributed by atoms with van der Waals surface area (Å²) in [6.07, 6.45) is 6.84. The first kappa shape index (κ1) is 15.7. The molecule has 5 heteroatoms. The monoisotopic (exact) mass is 292 g/mol. The first-order valence-corrected chi connectivity index (χ1v) is 7.87. The van der Waals surface area contributed by atoms with Gasteiger partial charge in [0.15, 0.2) is 0 Å². The van der Waals surface area contributed by atoms with Gasteiger partial charge >= 0.3 is 5.97 Å². The molecular formula is C16H24N2O3. The van der Waals surface area contributed by atoms with Crippen molar-refractivity contribution in [3.8, 4) is 0 Å². The molecule has 0 aliphatic carbocycles. The van der Waals surface area contributed by atoms with Gasteiger partial charge in [-0.25, -0.2) is 4.98 Å². The predicted octanol–water partition coefficient (Wildman–Crippen LogP) is 2.42. The van der Waals surface area contributed by atoms with Crippen LogP contribution in [0.2, 0.25) is 0 Å². The Balaban J connectivity index is 2.11. The molecule has 0 aromatic carbocycles. The topological polar surface area (TPSA) is 61.2 Å². The molecule has 0 bridgehead atoms. The van der Waals surface area contributed by atoms with Crippen molar-refractivity contribution in [1.82, 2.24) is 9.55 Å². The van der Waals surface area contributed by atoms with Crippen molar-refractivity contribution in [3.63, 3.8) is 0 Å². The SMILES string of the molecule is CCOC(=O)CC[C@H](C)c1cnc2n(c1=O)CCCCC2. The Morgan fingerprint density at radius 2 is 2.24 bits per heavy atom. The minimum absolute atomic E-state index is 0.0236. The van der Waals surface area contributed by atoms with Crippen LogP contribution in [-0.4, -0.2) is 22.1 Å². The standard InChI is InChI=1S/C16H24N2O3/c1-3-21-15(19)9-8-12(2)13-11-17-14-7-5-4-6-10-18(14)16(13)20/h11-12H,3-10H2,1-2H3/t12-/m0/s1. The summed E-state index contributed by atoms with van der Waals surface area (Å²) in [6.45, 7) is 4.93. The second kappa shape index (κ2) is 7.38. The van der Waals surface area contributed by atoms with Gasteiger partial charge in [-0.05, 0) is 32.1 Å². The molecule has 21 heavy (non-hydrogen) atoms. The van der Waals surface area contributed by atoms with Crippen LogP contribution in [0.3, 0.4) is 0 Å². The van der Waals surface area contributed by atoms with Gasteiger partial charge in [-0.3, -0.25) is 14.2 Å². The first-order valence-electron chi connectivity index (χ1n) is 7.87. The van der Waals surface area contributed by atoms with Crippen molar-refractivity contribution in [2.75, 3.05) is 6.61 Å². The van der Waals surface area contributed by atoms with E-state index in [4.69, 9.17) is 4.74 Å². The van der Waals surface area contributed by atoms with Crippen molar-refractivity contribution in [2.45, 2.75) is 64.8 Å². The van der Waals surface area contributed by atoms with E-state index in [1.807, 2.05) is 11.5 Å².